The highest BCUT2D eigenvalue weighted by Gasteiger charge is 2.27. The molecule has 1 aromatic carbocycles. The molecule has 0 unspecified atom stereocenters. The standard InChI is InChI=1S/C12H7F5N2O/c13-7-6(8(14)10(16)11(17)9(7)15)5-2-1-4(3-20)19-12(5)18/h1-2,20H,3H2,(H2,18,19). The van der Waals surface area contributed by atoms with Crippen molar-refractivity contribution in [3.63, 3.8) is 0 Å². The SMILES string of the molecule is Nc1nc(CO)ccc1-c1c(F)c(F)c(F)c(F)c1F. The van der Waals surface area contributed by atoms with Crippen molar-refractivity contribution in [1.29, 1.82) is 0 Å². The lowest BCUT2D eigenvalue weighted by atomic mass is 10.0. The first-order chi connectivity index (χ1) is 9.38. The average molecular weight is 290 g/mol. The highest BCUT2D eigenvalue weighted by Crippen LogP contribution is 2.33. The van der Waals surface area contributed by atoms with E-state index in [1.165, 1.54) is 0 Å². The first kappa shape index (κ1) is 14.2. The van der Waals surface area contributed by atoms with Crippen molar-refractivity contribution in [2.75, 3.05) is 5.73 Å². The van der Waals surface area contributed by atoms with Crippen LogP contribution in [0.3, 0.4) is 0 Å². The Labute approximate surface area is 109 Å². The number of pyridine rings is 1. The number of aliphatic hydroxyl groups is 1. The first-order valence-corrected chi connectivity index (χ1v) is 5.26. The fourth-order valence-electron chi connectivity index (χ4n) is 1.66. The Kier molecular flexibility index (Phi) is 3.58. The van der Waals surface area contributed by atoms with Gasteiger partial charge in [0.2, 0.25) is 5.82 Å². The molecule has 0 aliphatic rings. The molecule has 0 saturated heterocycles. The lowest BCUT2D eigenvalue weighted by Gasteiger charge is -2.10. The zero-order valence-electron chi connectivity index (χ0n) is 9.72. The van der Waals surface area contributed by atoms with Crippen LogP contribution in [0.15, 0.2) is 12.1 Å². The summed E-state index contributed by atoms with van der Waals surface area (Å²) in [6.07, 6.45) is 0. The number of nitrogen functional groups attached to an aromatic ring is 1. The molecular weight excluding hydrogens is 283 g/mol. The molecule has 0 saturated carbocycles. The van der Waals surface area contributed by atoms with E-state index >= 15 is 0 Å². The van der Waals surface area contributed by atoms with E-state index in [0.717, 1.165) is 12.1 Å². The monoisotopic (exact) mass is 290 g/mol. The van der Waals surface area contributed by atoms with Crippen molar-refractivity contribution in [1.82, 2.24) is 4.98 Å². The number of hydrogen-bond acceptors (Lipinski definition) is 3. The number of nitrogens with two attached hydrogens (primary N) is 1. The third-order valence-electron chi connectivity index (χ3n) is 2.62. The number of hydrogen-bond donors (Lipinski definition) is 2. The Hall–Kier alpha value is -2.22. The summed E-state index contributed by atoms with van der Waals surface area (Å²) in [5.74, 6) is -10.8. The van der Waals surface area contributed by atoms with Crippen LogP contribution >= 0.6 is 0 Å². The van der Waals surface area contributed by atoms with Gasteiger partial charge >= 0.3 is 0 Å². The summed E-state index contributed by atoms with van der Waals surface area (Å²) < 4.78 is 66.3. The summed E-state index contributed by atoms with van der Waals surface area (Å²) in [6, 6.07) is 2.18. The van der Waals surface area contributed by atoms with Crippen molar-refractivity contribution < 1.29 is 27.1 Å². The molecule has 0 bridgehead atoms. The molecule has 0 aliphatic carbocycles. The number of nitrogens with zero attached hydrogens (tertiary/aromatic N) is 1. The van der Waals surface area contributed by atoms with Crippen LogP contribution in [-0.4, -0.2) is 10.1 Å². The Balaban J connectivity index is 2.76. The Morgan fingerprint density at radius 2 is 1.40 bits per heavy atom. The summed E-state index contributed by atoms with van der Waals surface area (Å²) in [5, 5.41) is 8.82. The van der Waals surface area contributed by atoms with Crippen molar-refractivity contribution in [3.8, 4) is 11.1 Å². The van der Waals surface area contributed by atoms with E-state index in [9.17, 15) is 22.0 Å². The minimum Gasteiger partial charge on any atom is -0.390 e. The smallest absolute Gasteiger partial charge is 0.200 e. The number of aromatic nitrogens is 1. The fraction of sp³-hybridized carbons (Fsp3) is 0.0833. The van der Waals surface area contributed by atoms with Gasteiger partial charge in [0.05, 0.1) is 17.9 Å². The van der Waals surface area contributed by atoms with Crippen LogP contribution in [-0.2, 0) is 6.61 Å². The van der Waals surface area contributed by atoms with Crippen LogP contribution < -0.4 is 5.73 Å². The van der Waals surface area contributed by atoms with E-state index in [1.54, 1.807) is 0 Å². The molecular formula is C12H7F5N2O. The van der Waals surface area contributed by atoms with Crippen LogP contribution in [0.25, 0.3) is 11.1 Å². The van der Waals surface area contributed by atoms with Gasteiger partial charge in [-0.05, 0) is 12.1 Å². The highest BCUT2D eigenvalue weighted by molar-refractivity contribution is 5.75. The molecule has 0 fully saturated rings. The molecule has 20 heavy (non-hydrogen) atoms. The quantitative estimate of drug-likeness (QED) is 0.507. The second kappa shape index (κ2) is 5.04. The molecule has 0 atom stereocenters. The van der Waals surface area contributed by atoms with Gasteiger partial charge in [0, 0.05) is 5.56 Å². The lowest BCUT2D eigenvalue weighted by Crippen LogP contribution is -2.06. The van der Waals surface area contributed by atoms with E-state index in [2.05, 4.69) is 4.98 Å². The van der Waals surface area contributed by atoms with E-state index in [1.807, 2.05) is 0 Å². The molecule has 0 amide bonds. The van der Waals surface area contributed by atoms with Gasteiger partial charge < -0.3 is 10.8 Å². The van der Waals surface area contributed by atoms with Crippen LogP contribution in [0.2, 0.25) is 0 Å². The van der Waals surface area contributed by atoms with Gasteiger partial charge in [0.1, 0.15) is 5.82 Å². The van der Waals surface area contributed by atoms with Crippen LogP contribution in [0.1, 0.15) is 5.69 Å². The van der Waals surface area contributed by atoms with Crippen LogP contribution in [0.5, 0.6) is 0 Å². The lowest BCUT2D eigenvalue weighted by molar-refractivity contribution is 0.277. The molecule has 106 valence electrons. The number of halogens is 5. The van der Waals surface area contributed by atoms with E-state index in [-0.39, 0.29) is 5.69 Å². The maximum atomic E-state index is 13.6. The number of aliphatic hydroxyl groups excluding tert-OH is 1. The molecule has 2 rings (SSSR count). The fourth-order valence-corrected chi connectivity index (χ4v) is 1.66. The van der Waals surface area contributed by atoms with Crippen molar-refractivity contribution in [3.05, 3.63) is 46.9 Å². The molecule has 1 aromatic heterocycles. The maximum Gasteiger partial charge on any atom is 0.200 e. The van der Waals surface area contributed by atoms with Gasteiger partial charge in [-0.1, -0.05) is 0 Å². The molecule has 3 N–H and O–H groups in total. The zero-order chi connectivity index (χ0) is 15.0. The second-order valence-electron chi connectivity index (χ2n) is 3.84. The Morgan fingerprint density at radius 1 is 0.900 bits per heavy atom. The van der Waals surface area contributed by atoms with Gasteiger partial charge in [0.25, 0.3) is 0 Å². The van der Waals surface area contributed by atoms with E-state index < -0.39 is 52.6 Å². The molecule has 1 heterocycles. The van der Waals surface area contributed by atoms with Crippen LogP contribution in [0, 0.1) is 29.1 Å². The largest absolute Gasteiger partial charge is 0.390 e. The van der Waals surface area contributed by atoms with E-state index in [4.69, 9.17) is 10.8 Å². The first-order valence-electron chi connectivity index (χ1n) is 5.26. The van der Waals surface area contributed by atoms with Gasteiger partial charge in [-0.25, -0.2) is 26.9 Å². The summed E-state index contributed by atoms with van der Waals surface area (Å²) in [7, 11) is 0. The Bertz CT molecular complexity index is 661. The summed E-state index contributed by atoms with van der Waals surface area (Å²) >= 11 is 0. The number of anilines is 1. The van der Waals surface area contributed by atoms with Crippen LogP contribution in [0.4, 0.5) is 27.8 Å². The molecule has 2 aromatic rings. The minimum atomic E-state index is -2.25. The molecule has 0 aliphatic heterocycles. The molecule has 0 spiro atoms. The maximum absolute atomic E-state index is 13.6. The molecule has 8 heteroatoms. The predicted molar refractivity (Wildman–Crippen MR) is 59.8 cm³/mol. The normalized spacial score (nSPS) is 10.9. The third-order valence-corrected chi connectivity index (χ3v) is 2.62. The summed E-state index contributed by atoms with van der Waals surface area (Å²) in [5.41, 5.74) is 3.90. The summed E-state index contributed by atoms with van der Waals surface area (Å²) in [4.78, 5) is 3.59. The highest BCUT2D eigenvalue weighted by atomic mass is 19.2. The molecule has 3 nitrogen and oxygen atoms in total. The van der Waals surface area contributed by atoms with E-state index in [0.29, 0.717) is 0 Å². The predicted octanol–water partition coefficient (Wildman–Crippen LogP) is 2.52. The van der Waals surface area contributed by atoms with Gasteiger partial charge in [0.15, 0.2) is 23.3 Å². The van der Waals surface area contributed by atoms with Gasteiger partial charge in [-0.2, -0.15) is 0 Å². The second-order valence-corrected chi connectivity index (χ2v) is 3.84. The average Bonchev–Trinajstić information content (AvgIpc) is 2.44. The molecule has 0 radical (unpaired) electrons. The number of rotatable bonds is 2. The minimum absolute atomic E-state index is 0.0927. The van der Waals surface area contributed by atoms with Crippen molar-refractivity contribution in [2.24, 2.45) is 0 Å². The van der Waals surface area contributed by atoms with Crippen molar-refractivity contribution in [2.45, 2.75) is 6.61 Å². The topological polar surface area (TPSA) is 59.1 Å². The third kappa shape index (κ3) is 2.07. The van der Waals surface area contributed by atoms with Gasteiger partial charge in [-0.3, -0.25) is 0 Å². The van der Waals surface area contributed by atoms with Gasteiger partial charge in [-0.15, -0.1) is 0 Å². The zero-order valence-corrected chi connectivity index (χ0v) is 9.72. The van der Waals surface area contributed by atoms with Crippen molar-refractivity contribution >= 4 is 5.82 Å². The summed E-state index contributed by atoms with van der Waals surface area (Å²) in [6.45, 7) is -0.485. The Morgan fingerprint density at radius 3 is 1.85 bits per heavy atom. The number of benzene rings is 1.